The van der Waals surface area contributed by atoms with E-state index in [1.165, 1.54) is 16.8 Å². The van der Waals surface area contributed by atoms with Crippen molar-refractivity contribution in [3.63, 3.8) is 0 Å². The van der Waals surface area contributed by atoms with Crippen molar-refractivity contribution in [2.75, 3.05) is 0 Å². The molecule has 2 aliphatic carbocycles. The highest BCUT2D eigenvalue weighted by Crippen LogP contribution is 2.43. The third kappa shape index (κ3) is 5.02. The van der Waals surface area contributed by atoms with Crippen molar-refractivity contribution in [2.24, 2.45) is 5.92 Å². The summed E-state index contributed by atoms with van der Waals surface area (Å²) in [6.07, 6.45) is 5.01. The molecule has 5 nitrogen and oxygen atoms in total. The molecule has 0 atom stereocenters. The Bertz CT molecular complexity index is 1480. The maximum Gasteiger partial charge on any atom is 0.418 e. The molecule has 0 saturated heterocycles. The summed E-state index contributed by atoms with van der Waals surface area (Å²) < 4.78 is 57.0. The van der Waals surface area contributed by atoms with Gasteiger partial charge >= 0.3 is 6.18 Å². The van der Waals surface area contributed by atoms with Gasteiger partial charge in [-0.1, -0.05) is 12.5 Å². The van der Waals surface area contributed by atoms with Crippen LogP contribution in [0, 0.1) is 5.92 Å². The molecule has 0 aliphatic heterocycles. The molecule has 1 fully saturated rings. The second-order valence-corrected chi connectivity index (χ2v) is 10.2. The van der Waals surface area contributed by atoms with Crippen molar-refractivity contribution in [1.82, 2.24) is 19.5 Å². The number of rotatable bonds is 5. The van der Waals surface area contributed by atoms with Crippen molar-refractivity contribution in [3.05, 3.63) is 86.5 Å². The fourth-order valence-electron chi connectivity index (χ4n) is 5.87. The van der Waals surface area contributed by atoms with Gasteiger partial charge in [-0.25, -0.2) is 9.37 Å². The van der Waals surface area contributed by atoms with E-state index in [1.807, 2.05) is 13.8 Å². The summed E-state index contributed by atoms with van der Waals surface area (Å²) in [6.45, 7) is 3.53. The molecule has 3 heterocycles. The van der Waals surface area contributed by atoms with E-state index >= 15 is 0 Å². The van der Waals surface area contributed by atoms with Crippen molar-refractivity contribution < 1.29 is 17.6 Å². The normalized spacial score (nSPS) is 20.6. The van der Waals surface area contributed by atoms with Gasteiger partial charge in [0.05, 0.1) is 23.5 Å². The summed E-state index contributed by atoms with van der Waals surface area (Å²) in [5.74, 6) is -0.104. The molecule has 0 N–H and O–H groups in total. The molecular weight excluding hydrogens is 496 g/mol. The second kappa shape index (κ2) is 10.4. The first kappa shape index (κ1) is 26.3. The van der Waals surface area contributed by atoms with Crippen LogP contribution in [-0.2, 0) is 19.1 Å². The predicted octanol–water partition coefficient (Wildman–Crippen LogP) is 7.05. The first-order chi connectivity index (χ1) is 18.2. The quantitative estimate of drug-likeness (QED) is 0.334. The summed E-state index contributed by atoms with van der Waals surface area (Å²) in [5.41, 5.74) is 2.29. The number of aryl methyl sites for hydroxylation is 1. The van der Waals surface area contributed by atoms with Crippen LogP contribution in [0.25, 0.3) is 11.2 Å². The summed E-state index contributed by atoms with van der Waals surface area (Å²) in [4.78, 5) is 26.9. The lowest BCUT2D eigenvalue weighted by Crippen LogP contribution is -2.30. The average Bonchev–Trinajstić information content (AvgIpc) is 2.90. The first-order valence-electron chi connectivity index (χ1n) is 13.1. The zero-order valence-corrected chi connectivity index (χ0v) is 21.5. The van der Waals surface area contributed by atoms with Gasteiger partial charge in [0.15, 0.2) is 5.65 Å². The first-order valence-corrected chi connectivity index (χ1v) is 13.1. The molecule has 200 valence electrons. The highest BCUT2D eigenvalue weighted by atomic mass is 19.4. The third-order valence-corrected chi connectivity index (χ3v) is 7.87. The van der Waals surface area contributed by atoms with Gasteiger partial charge in [0.1, 0.15) is 11.3 Å². The van der Waals surface area contributed by atoms with E-state index in [0.29, 0.717) is 36.0 Å². The molecule has 0 bridgehead atoms. The number of alkyl halides is 3. The Hall–Kier alpha value is -3.36. The van der Waals surface area contributed by atoms with E-state index in [0.717, 1.165) is 42.9 Å². The maximum absolute atomic E-state index is 14.6. The Balaban J connectivity index is 1.53. The lowest BCUT2D eigenvalue weighted by Gasteiger charge is -2.32. The summed E-state index contributed by atoms with van der Waals surface area (Å²) in [5, 5.41) is 0. The topological polar surface area (TPSA) is 60.7 Å². The van der Waals surface area contributed by atoms with E-state index < -0.39 is 11.7 Å². The number of pyridine rings is 2. The van der Waals surface area contributed by atoms with Crippen LogP contribution >= 0.6 is 0 Å². The van der Waals surface area contributed by atoms with Gasteiger partial charge in [0.2, 0.25) is 0 Å². The minimum absolute atomic E-state index is 0.0931. The van der Waals surface area contributed by atoms with Crippen LogP contribution in [0.4, 0.5) is 17.6 Å². The molecule has 9 heteroatoms. The molecular formula is C29H30F4N4O. The van der Waals surface area contributed by atoms with Crippen molar-refractivity contribution in [2.45, 2.75) is 77.4 Å². The zero-order valence-electron chi connectivity index (χ0n) is 21.5. The number of fused-ring (bicyclic) bond motifs is 1. The SMILES string of the molecule is CCc1cnc2cc(C3CCC(C4=C(C)CCC=C4F)CC3)c(=O)n(Cc3ncccc3C(F)(F)F)c2n1. The second-order valence-electron chi connectivity index (χ2n) is 10.2. The van der Waals surface area contributed by atoms with Crippen LogP contribution in [0.2, 0.25) is 0 Å². The van der Waals surface area contributed by atoms with Crippen LogP contribution in [0.15, 0.2) is 58.4 Å². The van der Waals surface area contributed by atoms with Crippen LogP contribution < -0.4 is 5.56 Å². The van der Waals surface area contributed by atoms with Gasteiger partial charge in [-0.2, -0.15) is 13.2 Å². The van der Waals surface area contributed by atoms with E-state index in [2.05, 4.69) is 15.0 Å². The van der Waals surface area contributed by atoms with Crippen LogP contribution in [0.1, 0.15) is 80.8 Å². The molecule has 1 saturated carbocycles. The average molecular weight is 527 g/mol. The Morgan fingerprint density at radius 1 is 1.11 bits per heavy atom. The minimum Gasteiger partial charge on any atom is -0.285 e. The number of hydrogen-bond acceptors (Lipinski definition) is 4. The minimum atomic E-state index is -4.60. The fourth-order valence-corrected chi connectivity index (χ4v) is 5.87. The predicted molar refractivity (Wildman–Crippen MR) is 137 cm³/mol. The number of allylic oxidation sites excluding steroid dienone is 4. The zero-order chi connectivity index (χ0) is 27.0. The fraction of sp³-hybridized carbons (Fsp3) is 0.448. The van der Waals surface area contributed by atoms with E-state index in [9.17, 15) is 22.4 Å². The van der Waals surface area contributed by atoms with Gasteiger partial charge in [0.25, 0.3) is 5.56 Å². The van der Waals surface area contributed by atoms with Crippen LogP contribution in [0.3, 0.4) is 0 Å². The molecule has 3 aromatic heterocycles. The van der Waals surface area contributed by atoms with Gasteiger partial charge in [0, 0.05) is 18.0 Å². The molecule has 0 radical (unpaired) electrons. The van der Waals surface area contributed by atoms with Gasteiger partial charge in [-0.3, -0.25) is 19.3 Å². The van der Waals surface area contributed by atoms with E-state index in [1.54, 1.807) is 18.3 Å². The summed E-state index contributed by atoms with van der Waals surface area (Å²) in [7, 11) is 0. The largest absolute Gasteiger partial charge is 0.418 e. The number of aromatic nitrogens is 4. The Morgan fingerprint density at radius 3 is 2.53 bits per heavy atom. The Labute approximate surface area is 218 Å². The molecule has 0 aromatic carbocycles. The van der Waals surface area contributed by atoms with Gasteiger partial charge in [-0.15, -0.1) is 0 Å². The highest BCUT2D eigenvalue weighted by Gasteiger charge is 2.35. The Morgan fingerprint density at radius 2 is 1.84 bits per heavy atom. The standard InChI is InChI=1S/C29H30F4N4O/c1-3-20-15-35-24-14-21(18-9-11-19(12-10-18)26-17(2)6-4-8-23(26)30)28(38)37(27(24)36-20)16-25-22(29(31,32)33)7-5-13-34-25/h5,7-8,13-15,18-19H,3-4,6,9-12,16H2,1-2H3. The van der Waals surface area contributed by atoms with Crippen molar-refractivity contribution >= 4 is 11.2 Å². The van der Waals surface area contributed by atoms with Crippen LogP contribution in [0.5, 0.6) is 0 Å². The smallest absolute Gasteiger partial charge is 0.285 e. The number of nitrogens with zero attached hydrogens (tertiary/aromatic N) is 4. The highest BCUT2D eigenvalue weighted by molar-refractivity contribution is 5.71. The third-order valence-electron chi connectivity index (χ3n) is 7.87. The molecule has 2 aliphatic rings. The van der Waals surface area contributed by atoms with Gasteiger partial charge in [-0.05, 0) is 93.6 Å². The summed E-state index contributed by atoms with van der Waals surface area (Å²) in [6, 6.07) is 3.94. The van der Waals surface area contributed by atoms with Gasteiger partial charge < -0.3 is 0 Å². The van der Waals surface area contributed by atoms with E-state index in [-0.39, 0.29) is 41.1 Å². The number of hydrogen-bond donors (Lipinski definition) is 0. The molecule has 38 heavy (non-hydrogen) atoms. The number of halogens is 4. The summed E-state index contributed by atoms with van der Waals surface area (Å²) >= 11 is 0. The lowest BCUT2D eigenvalue weighted by molar-refractivity contribution is -0.138. The van der Waals surface area contributed by atoms with E-state index in [4.69, 9.17) is 0 Å². The molecule has 0 spiro atoms. The lowest BCUT2D eigenvalue weighted by atomic mass is 9.74. The molecule has 0 unspecified atom stereocenters. The molecule has 5 rings (SSSR count). The van der Waals surface area contributed by atoms with Crippen LogP contribution in [-0.4, -0.2) is 19.5 Å². The van der Waals surface area contributed by atoms with Crippen molar-refractivity contribution in [1.29, 1.82) is 0 Å². The molecule has 3 aromatic rings. The van der Waals surface area contributed by atoms with Crippen molar-refractivity contribution in [3.8, 4) is 0 Å². The Kier molecular flexibility index (Phi) is 7.20. The maximum atomic E-state index is 14.6. The monoisotopic (exact) mass is 526 g/mol. The molecule has 0 amide bonds.